The maximum atomic E-state index is 5.46. The van der Waals surface area contributed by atoms with E-state index in [9.17, 15) is 0 Å². The van der Waals surface area contributed by atoms with Gasteiger partial charge in [0, 0.05) is 13.2 Å². The lowest BCUT2D eigenvalue weighted by Crippen LogP contribution is -2.18. The minimum absolute atomic E-state index is 0.345. The molecule has 1 atom stereocenters. The normalized spacial score (nSPS) is 22.0. The first kappa shape index (κ1) is 9.11. The van der Waals surface area contributed by atoms with Gasteiger partial charge in [-0.25, -0.2) is 0 Å². The quantitative estimate of drug-likeness (QED) is 0.758. The Morgan fingerprint density at radius 1 is 1.77 bits per heavy atom. The van der Waals surface area contributed by atoms with Crippen molar-refractivity contribution in [1.82, 2.24) is 10.2 Å². The van der Waals surface area contributed by atoms with Gasteiger partial charge in [-0.3, -0.25) is 5.10 Å². The van der Waals surface area contributed by atoms with Crippen LogP contribution >= 0.6 is 23.6 Å². The van der Waals surface area contributed by atoms with Crippen LogP contribution in [0.25, 0.3) is 0 Å². The molecule has 2 N–H and O–H groups in total. The van der Waals surface area contributed by atoms with Crippen LogP contribution in [-0.4, -0.2) is 29.5 Å². The van der Waals surface area contributed by atoms with E-state index in [1.165, 1.54) is 17.8 Å². The number of ether oxygens (including phenoxy) is 1. The molecule has 0 aliphatic carbocycles. The highest BCUT2D eigenvalue weighted by Crippen LogP contribution is 2.15. The fourth-order valence-electron chi connectivity index (χ4n) is 1.31. The third kappa shape index (κ3) is 2.49. The molecule has 1 aliphatic heterocycles. The fourth-order valence-corrected chi connectivity index (χ4v) is 2.11. The number of hydrogen-bond acceptors (Lipinski definition) is 5. The van der Waals surface area contributed by atoms with E-state index < -0.39 is 0 Å². The lowest BCUT2D eigenvalue weighted by Gasteiger charge is -2.08. The van der Waals surface area contributed by atoms with Crippen LogP contribution in [0.5, 0.6) is 0 Å². The Labute approximate surface area is 85.3 Å². The van der Waals surface area contributed by atoms with Gasteiger partial charge in [0.25, 0.3) is 0 Å². The summed E-state index contributed by atoms with van der Waals surface area (Å²) >= 11 is 6.36. The fraction of sp³-hybridized carbons (Fsp3) is 0.714. The molecule has 1 saturated heterocycles. The van der Waals surface area contributed by atoms with Crippen molar-refractivity contribution in [3.63, 3.8) is 0 Å². The largest absolute Gasteiger partial charge is 0.376 e. The number of nitrogens with zero attached hydrogens (tertiary/aromatic N) is 1. The maximum Gasteiger partial charge on any atom is 0.204 e. The Balaban J connectivity index is 1.82. The second-order valence-corrected chi connectivity index (χ2v) is 4.60. The van der Waals surface area contributed by atoms with Crippen molar-refractivity contribution in [3.05, 3.63) is 3.95 Å². The minimum Gasteiger partial charge on any atom is -0.376 e. The average Bonchev–Trinajstić information content (AvgIpc) is 2.71. The van der Waals surface area contributed by atoms with Crippen LogP contribution in [0.3, 0.4) is 0 Å². The summed E-state index contributed by atoms with van der Waals surface area (Å²) in [4.78, 5) is 0. The maximum absolute atomic E-state index is 5.46. The third-order valence-electron chi connectivity index (χ3n) is 1.94. The number of aromatic nitrogens is 2. The molecule has 0 unspecified atom stereocenters. The van der Waals surface area contributed by atoms with E-state index in [0.29, 0.717) is 10.1 Å². The highest BCUT2D eigenvalue weighted by molar-refractivity contribution is 7.73. The topological polar surface area (TPSA) is 49.9 Å². The van der Waals surface area contributed by atoms with Crippen LogP contribution in [0.15, 0.2) is 0 Å². The van der Waals surface area contributed by atoms with E-state index in [2.05, 4.69) is 15.5 Å². The summed E-state index contributed by atoms with van der Waals surface area (Å²) in [7, 11) is 0. The van der Waals surface area contributed by atoms with Crippen LogP contribution in [0, 0.1) is 3.95 Å². The molecule has 1 aromatic heterocycles. The molecular formula is C7H11N3OS2. The van der Waals surface area contributed by atoms with E-state index in [4.69, 9.17) is 17.0 Å². The highest BCUT2D eigenvalue weighted by Gasteiger charge is 2.15. The molecule has 0 aromatic carbocycles. The van der Waals surface area contributed by atoms with Crippen molar-refractivity contribution in [2.45, 2.75) is 18.9 Å². The van der Waals surface area contributed by atoms with Crippen molar-refractivity contribution < 1.29 is 4.74 Å². The van der Waals surface area contributed by atoms with E-state index in [1.807, 2.05) is 0 Å². The Kier molecular flexibility index (Phi) is 2.92. The summed E-state index contributed by atoms with van der Waals surface area (Å²) in [6, 6.07) is 0. The first-order valence-electron chi connectivity index (χ1n) is 4.25. The van der Waals surface area contributed by atoms with Crippen molar-refractivity contribution >= 4 is 28.7 Å². The van der Waals surface area contributed by atoms with Gasteiger partial charge in [-0.2, -0.15) is 0 Å². The van der Waals surface area contributed by atoms with Crippen molar-refractivity contribution in [2.24, 2.45) is 0 Å². The molecule has 0 spiro atoms. The van der Waals surface area contributed by atoms with Gasteiger partial charge in [-0.1, -0.05) is 11.3 Å². The summed E-state index contributed by atoms with van der Waals surface area (Å²) in [6.07, 6.45) is 2.66. The monoisotopic (exact) mass is 217 g/mol. The number of aromatic amines is 1. The molecule has 4 nitrogen and oxygen atoms in total. The molecule has 13 heavy (non-hydrogen) atoms. The molecule has 6 heteroatoms. The molecule has 0 saturated carbocycles. The zero-order valence-electron chi connectivity index (χ0n) is 7.08. The van der Waals surface area contributed by atoms with E-state index in [-0.39, 0.29) is 0 Å². The Bertz CT molecular complexity index is 316. The minimum atomic E-state index is 0.345. The number of rotatable bonds is 3. The Hall–Kier alpha value is -0.460. The predicted octanol–water partition coefficient (Wildman–Crippen LogP) is 1.79. The zero-order valence-corrected chi connectivity index (χ0v) is 8.71. The number of nitrogens with one attached hydrogen (secondary N) is 2. The smallest absolute Gasteiger partial charge is 0.204 e. The first-order valence-corrected chi connectivity index (χ1v) is 5.48. The number of H-pyrrole nitrogens is 1. The second kappa shape index (κ2) is 4.17. The molecule has 2 heterocycles. The molecule has 2 rings (SSSR count). The van der Waals surface area contributed by atoms with Gasteiger partial charge in [-0.15, -0.1) is 5.10 Å². The SMILES string of the molecule is S=c1[nH]nc(NC[C@@H]2CCCO2)s1. The molecule has 72 valence electrons. The van der Waals surface area contributed by atoms with Crippen molar-refractivity contribution in [3.8, 4) is 0 Å². The summed E-state index contributed by atoms with van der Waals surface area (Å²) in [6.45, 7) is 1.72. The molecule has 1 fully saturated rings. The lowest BCUT2D eigenvalue weighted by atomic mass is 10.2. The summed E-state index contributed by atoms with van der Waals surface area (Å²) in [5, 5.41) is 10.8. The van der Waals surface area contributed by atoms with Crippen molar-refractivity contribution in [1.29, 1.82) is 0 Å². The summed E-state index contributed by atoms with van der Waals surface area (Å²) in [5.41, 5.74) is 0. The number of anilines is 1. The molecule has 0 bridgehead atoms. The van der Waals surface area contributed by atoms with Crippen LogP contribution in [0.1, 0.15) is 12.8 Å². The van der Waals surface area contributed by atoms with Crippen LogP contribution in [-0.2, 0) is 4.74 Å². The van der Waals surface area contributed by atoms with Gasteiger partial charge < -0.3 is 10.1 Å². The molecule has 0 radical (unpaired) electrons. The number of hydrogen-bond donors (Lipinski definition) is 2. The highest BCUT2D eigenvalue weighted by atomic mass is 32.1. The van der Waals surface area contributed by atoms with Crippen LogP contribution in [0.2, 0.25) is 0 Å². The molecule has 0 amide bonds. The summed E-state index contributed by atoms with van der Waals surface area (Å²) < 4.78 is 6.16. The summed E-state index contributed by atoms with van der Waals surface area (Å²) in [5.74, 6) is 0. The molecular weight excluding hydrogens is 206 g/mol. The van der Waals surface area contributed by atoms with Crippen LogP contribution in [0.4, 0.5) is 5.13 Å². The lowest BCUT2D eigenvalue weighted by molar-refractivity contribution is 0.120. The van der Waals surface area contributed by atoms with Gasteiger partial charge in [0.2, 0.25) is 5.13 Å². The van der Waals surface area contributed by atoms with E-state index in [0.717, 1.165) is 24.7 Å². The predicted molar refractivity (Wildman–Crippen MR) is 54.8 cm³/mol. The average molecular weight is 217 g/mol. The van der Waals surface area contributed by atoms with Crippen molar-refractivity contribution in [2.75, 3.05) is 18.5 Å². The Morgan fingerprint density at radius 2 is 2.69 bits per heavy atom. The van der Waals surface area contributed by atoms with Gasteiger partial charge in [0.15, 0.2) is 3.95 Å². The standard InChI is InChI=1S/C7H11N3OS2/c12-7-10-9-6(13-7)8-4-5-2-1-3-11-5/h5H,1-4H2,(H,8,9)(H,10,12)/t5-/m0/s1. The zero-order chi connectivity index (χ0) is 9.10. The van der Waals surface area contributed by atoms with Gasteiger partial charge in [0.1, 0.15) is 0 Å². The van der Waals surface area contributed by atoms with E-state index in [1.54, 1.807) is 0 Å². The van der Waals surface area contributed by atoms with E-state index >= 15 is 0 Å². The van der Waals surface area contributed by atoms with Gasteiger partial charge >= 0.3 is 0 Å². The van der Waals surface area contributed by atoms with Crippen LogP contribution < -0.4 is 5.32 Å². The van der Waals surface area contributed by atoms with Gasteiger partial charge in [0.05, 0.1) is 6.10 Å². The Morgan fingerprint density at radius 3 is 3.31 bits per heavy atom. The molecule has 1 aliphatic rings. The first-order chi connectivity index (χ1) is 6.34. The molecule has 1 aromatic rings. The second-order valence-electron chi connectivity index (χ2n) is 2.93. The van der Waals surface area contributed by atoms with Gasteiger partial charge in [-0.05, 0) is 25.1 Å². The third-order valence-corrected chi connectivity index (χ3v) is 2.99.